The minimum absolute atomic E-state index is 0.0647. The van der Waals surface area contributed by atoms with E-state index < -0.39 is 18.0 Å². The molecule has 2 aliphatic heterocycles. The number of carbonyl (C=O) groups excluding carboxylic acids is 3. The first-order valence-corrected chi connectivity index (χ1v) is 10.9. The predicted octanol–water partition coefficient (Wildman–Crippen LogP) is 3.53. The molecule has 0 saturated heterocycles. The molecule has 0 aliphatic carbocycles. The van der Waals surface area contributed by atoms with Crippen LogP contribution in [0.1, 0.15) is 35.2 Å². The van der Waals surface area contributed by atoms with Crippen LogP contribution in [0.3, 0.4) is 0 Å². The number of esters is 1. The topological polar surface area (TPSA) is 97.0 Å². The molecule has 0 radical (unpaired) electrons. The van der Waals surface area contributed by atoms with Crippen LogP contribution in [0.4, 0.5) is 10.5 Å². The average molecular weight is 450 g/mol. The molecule has 4 rings (SSSR count). The van der Waals surface area contributed by atoms with Crippen LogP contribution >= 0.6 is 0 Å². The highest BCUT2D eigenvalue weighted by molar-refractivity contribution is 6.00. The van der Waals surface area contributed by atoms with Gasteiger partial charge in [0.2, 0.25) is 5.91 Å². The number of benzene rings is 2. The minimum atomic E-state index is -0.717. The van der Waals surface area contributed by atoms with Crippen molar-refractivity contribution in [1.29, 1.82) is 0 Å². The molecule has 2 aromatic rings. The van der Waals surface area contributed by atoms with Crippen molar-refractivity contribution < 1.29 is 23.9 Å². The summed E-state index contributed by atoms with van der Waals surface area (Å²) in [5.41, 5.74) is 5.08. The third-order valence-corrected chi connectivity index (χ3v) is 5.77. The Balaban J connectivity index is 1.63. The number of hydrogen-bond donors (Lipinski definition) is 2. The van der Waals surface area contributed by atoms with Crippen molar-refractivity contribution >= 4 is 23.6 Å². The van der Waals surface area contributed by atoms with E-state index in [0.717, 1.165) is 22.4 Å². The van der Waals surface area contributed by atoms with Crippen molar-refractivity contribution in [3.05, 3.63) is 69.9 Å². The van der Waals surface area contributed by atoms with Gasteiger partial charge >= 0.3 is 12.0 Å². The summed E-state index contributed by atoms with van der Waals surface area (Å²) in [5, 5.41) is 5.76. The van der Waals surface area contributed by atoms with Crippen molar-refractivity contribution in [1.82, 2.24) is 10.2 Å². The molecule has 33 heavy (non-hydrogen) atoms. The Morgan fingerprint density at radius 1 is 1.18 bits per heavy atom. The van der Waals surface area contributed by atoms with E-state index in [4.69, 9.17) is 9.47 Å². The van der Waals surface area contributed by atoms with E-state index in [1.807, 2.05) is 52.0 Å². The molecule has 2 heterocycles. The number of hydrogen-bond acceptors (Lipinski definition) is 5. The third-order valence-electron chi connectivity index (χ3n) is 5.77. The molecule has 2 aromatic carbocycles. The van der Waals surface area contributed by atoms with Gasteiger partial charge in [-0.3, -0.25) is 9.69 Å². The maximum Gasteiger partial charge on any atom is 0.338 e. The van der Waals surface area contributed by atoms with Crippen molar-refractivity contribution in [2.24, 2.45) is 0 Å². The van der Waals surface area contributed by atoms with Gasteiger partial charge in [-0.15, -0.1) is 0 Å². The lowest BCUT2D eigenvalue weighted by molar-refractivity contribution is -0.136. The number of ether oxygens (including phenoxy) is 2. The molecule has 2 aliphatic rings. The lowest BCUT2D eigenvalue weighted by Gasteiger charge is -2.33. The normalized spacial score (nSPS) is 17.5. The average Bonchev–Trinajstić information content (AvgIpc) is 3.15. The zero-order chi connectivity index (χ0) is 23.7. The molecule has 1 atom stereocenters. The first-order valence-electron chi connectivity index (χ1n) is 10.9. The van der Waals surface area contributed by atoms with Gasteiger partial charge in [0.25, 0.3) is 0 Å². The maximum atomic E-state index is 13.1. The SMILES string of the molecule is CCOc1ccccc1C1NC(=O)N(CC(=O)Nc2c(C)cc(C)cc2C)C2=C1C(=O)OC2. The van der Waals surface area contributed by atoms with Crippen molar-refractivity contribution in [3.63, 3.8) is 0 Å². The van der Waals surface area contributed by atoms with E-state index in [2.05, 4.69) is 10.6 Å². The summed E-state index contributed by atoms with van der Waals surface area (Å²) < 4.78 is 11.0. The Labute approximate surface area is 192 Å². The number of anilines is 1. The molecule has 172 valence electrons. The van der Waals surface area contributed by atoms with Crippen molar-refractivity contribution in [2.45, 2.75) is 33.7 Å². The van der Waals surface area contributed by atoms with Crippen LogP contribution in [0.15, 0.2) is 47.7 Å². The van der Waals surface area contributed by atoms with Gasteiger partial charge in [-0.05, 0) is 44.9 Å². The first-order chi connectivity index (χ1) is 15.8. The van der Waals surface area contributed by atoms with Gasteiger partial charge in [0.05, 0.1) is 23.9 Å². The van der Waals surface area contributed by atoms with E-state index in [9.17, 15) is 14.4 Å². The summed E-state index contributed by atoms with van der Waals surface area (Å²) in [6, 6.07) is 10.0. The highest BCUT2D eigenvalue weighted by atomic mass is 16.5. The number of nitrogens with zero attached hydrogens (tertiary/aromatic N) is 1. The molecule has 0 aromatic heterocycles. The quantitative estimate of drug-likeness (QED) is 0.658. The van der Waals surface area contributed by atoms with Crippen LogP contribution in [0, 0.1) is 20.8 Å². The van der Waals surface area contributed by atoms with E-state index in [1.54, 1.807) is 12.1 Å². The summed E-state index contributed by atoms with van der Waals surface area (Å²) in [4.78, 5) is 39.8. The Morgan fingerprint density at radius 2 is 1.88 bits per heavy atom. The Kier molecular flexibility index (Phi) is 6.09. The first kappa shape index (κ1) is 22.4. The summed E-state index contributed by atoms with van der Waals surface area (Å²) in [5.74, 6) is -0.301. The molecule has 0 saturated carbocycles. The van der Waals surface area contributed by atoms with Crippen LogP contribution in [-0.4, -0.2) is 42.6 Å². The fourth-order valence-corrected chi connectivity index (χ4v) is 4.42. The largest absolute Gasteiger partial charge is 0.494 e. The van der Waals surface area contributed by atoms with Crippen molar-refractivity contribution in [2.75, 3.05) is 25.1 Å². The van der Waals surface area contributed by atoms with E-state index in [-0.39, 0.29) is 19.1 Å². The zero-order valence-electron chi connectivity index (χ0n) is 19.2. The van der Waals surface area contributed by atoms with Gasteiger partial charge in [0.1, 0.15) is 18.9 Å². The number of urea groups is 1. The van der Waals surface area contributed by atoms with E-state index >= 15 is 0 Å². The standard InChI is InChI=1S/C25H27N3O5/c1-5-32-19-9-7-6-8-17(19)23-21-18(13-33-24(21)30)28(25(31)27-23)12-20(29)26-22-15(3)10-14(2)11-16(22)4/h6-11,23H,5,12-13H2,1-4H3,(H,26,29)(H,27,31). The van der Waals surface area contributed by atoms with Gasteiger partial charge < -0.3 is 20.1 Å². The van der Waals surface area contributed by atoms with Crippen LogP contribution in [0.5, 0.6) is 5.75 Å². The van der Waals surface area contributed by atoms with E-state index in [0.29, 0.717) is 29.2 Å². The fraction of sp³-hybridized carbons (Fsp3) is 0.320. The van der Waals surface area contributed by atoms with Gasteiger partial charge in [-0.25, -0.2) is 9.59 Å². The smallest absolute Gasteiger partial charge is 0.338 e. The predicted molar refractivity (Wildman–Crippen MR) is 123 cm³/mol. The Bertz CT molecular complexity index is 1150. The van der Waals surface area contributed by atoms with Crippen LogP contribution in [0.2, 0.25) is 0 Å². The molecule has 8 heteroatoms. The number of para-hydroxylation sites is 1. The molecule has 3 amide bonds. The lowest BCUT2D eigenvalue weighted by atomic mass is 9.95. The molecule has 0 fully saturated rings. The molecule has 0 spiro atoms. The zero-order valence-corrected chi connectivity index (χ0v) is 19.2. The monoisotopic (exact) mass is 449 g/mol. The van der Waals surface area contributed by atoms with Gasteiger partial charge in [-0.1, -0.05) is 35.9 Å². The maximum absolute atomic E-state index is 13.1. The Hall–Kier alpha value is -3.81. The van der Waals surface area contributed by atoms with E-state index in [1.165, 1.54) is 4.90 Å². The molecular formula is C25H27N3O5. The number of aryl methyl sites for hydroxylation is 3. The Morgan fingerprint density at radius 3 is 2.58 bits per heavy atom. The van der Waals surface area contributed by atoms with Crippen molar-refractivity contribution in [3.8, 4) is 5.75 Å². The molecule has 2 N–H and O–H groups in total. The minimum Gasteiger partial charge on any atom is -0.494 e. The number of cyclic esters (lactones) is 1. The molecule has 0 bridgehead atoms. The van der Waals surface area contributed by atoms with Gasteiger partial charge in [0.15, 0.2) is 0 Å². The third kappa shape index (κ3) is 4.28. The summed E-state index contributed by atoms with van der Waals surface area (Å²) in [6.07, 6.45) is 0. The second-order valence-corrected chi connectivity index (χ2v) is 8.20. The molecular weight excluding hydrogens is 422 g/mol. The summed E-state index contributed by atoms with van der Waals surface area (Å²) >= 11 is 0. The van der Waals surface area contributed by atoms with Gasteiger partial charge in [-0.2, -0.15) is 0 Å². The number of amides is 3. The summed E-state index contributed by atoms with van der Waals surface area (Å²) in [6.45, 7) is 7.84. The lowest BCUT2D eigenvalue weighted by Crippen LogP contribution is -2.49. The second kappa shape index (κ2) is 8.97. The molecule has 8 nitrogen and oxygen atoms in total. The summed E-state index contributed by atoms with van der Waals surface area (Å²) in [7, 11) is 0. The number of rotatable bonds is 6. The molecule has 1 unspecified atom stereocenters. The highest BCUT2D eigenvalue weighted by Crippen LogP contribution is 2.38. The number of carbonyl (C=O) groups is 3. The van der Waals surface area contributed by atoms with Gasteiger partial charge in [0, 0.05) is 11.3 Å². The van der Waals surface area contributed by atoms with Crippen LogP contribution in [0.25, 0.3) is 0 Å². The second-order valence-electron chi connectivity index (χ2n) is 8.20. The fourth-order valence-electron chi connectivity index (χ4n) is 4.42. The van der Waals surface area contributed by atoms with Crippen LogP contribution < -0.4 is 15.4 Å². The number of nitrogens with one attached hydrogen (secondary N) is 2. The van der Waals surface area contributed by atoms with Crippen LogP contribution in [-0.2, 0) is 14.3 Å². The highest BCUT2D eigenvalue weighted by Gasteiger charge is 2.43.